The van der Waals surface area contributed by atoms with E-state index in [9.17, 15) is 4.79 Å². The summed E-state index contributed by atoms with van der Waals surface area (Å²) in [6, 6.07) is 10.6. The maximum Gasteiger partial charge on any atom is 0.230 e. The lowest BCUT2D eigenvalue weighted by atomic mass is 9.73. The fourth-order valence-electron chi connectivity index (χ4n) is 4.77. The van der Waals surface area contributed by atoms with Gasteiger partial charge in [0.05, 0.1) is 12.0 Å². The summed E-state index contributed by atoms with van der Waals surface area (Å²) in [6.45, 7) is 5.65. The average molecular weight is 314 g/mol. The van der Waals surface area contributed by atoms with Crippen molar-refractivity contribution >= 4 is 5.91 Å². The number of ether oxygens (including phenoxy) is 1. The van der Waals surface area contributed by atoms with E-state index in [-0.39, 0.29) is 5.41 Å². The normalized spacial score (nSPS) is 34.8. The van der Waals surface area contributed by atoms with E-state index in [0.717, 1.165) is 52.2 Å². The minimum Gasteiger partial charge on any atom is -0.381 e. The molecular weight excluding hydrogens is 288 g/mol. The molecular formula is C19H26N2O2. The van der Waals surface area contributed by atoms with E-state index in [1.807, 2.05) is 11.9 Å². The molecule has 1 aromatic rings. The molecule has 1 spiro atoms. The second-order valence-corrected chi connectivity index (χ2v) is 7.52. The molecule has 1 unspecified atom stereocenters. The van der Waals surface area contributed by atoms with Gasteiger partial charge in [0, 0.05) is 45.8 Å². The first-order valence-electron chi connectivity index (χ1n) is 8.80. The highest BCUT2D eigenvalue weighted by Gasteiger charge is 2.56. The van der Waals surface area contributed by atoms with Gasteiger partial charge in [-0.1, -0.05) is 30.3 Å². The first kappa shape index (κ1) is 15.2. The summed E-state index contributed by atoms with van der Waals surface area (Å²) in [5.74, 6) is 1.30. The maximum atomic E-state index is 13.0. The highest BCUT2D eigenvalue weighted by atomic mass is 16.5. The summed E-state index contributed by atoms with van der Waals surface area (Å²) in [5, 5.41) is 0. The number of benzene rings is 1. The third kappa shape index (κ3) is 2.58. The molecule has 4 heteroatoms. The molecule has 0 bridgehead atoms. The van der Waals surface area contributed by atoms with Crippen LogP contribution in [0.3, 0.4) is 0 Å². The van der Waals surface area contributed by atoms with Crippen LogP contribution in [-0.4, -0.2) is 62.1 Å². The van der Waals surface area contributed by atoms with Gasteiger partial charge in [0.15, 0.2) is 0 Å². The lowest BCUT2D eigenvalue weighted by molar-refractivity contribution is -0.135. The molecule has 0 aliphatic carbocycles. The van der Waals surface area contributed by atoms with Crippen LogP contribution in [0.2, 0.25) is 0 Å². The molecule has 0 aromatic heterocycles. The van der Waals surface area contributed by atoms with Crippen LogP contribution < -0.4 is 0 Å². The van der Waals surface area contributed by atoms with Gasteiger partial charge in [-0.3, -0.25) is 4.79 Å². The predicted molar refractivity (Wildman–Crippen MR) is 89.2 cm³/mol. The Morgan fingerprint density at radius 3 is 2.78 bits per heavy atom. The lowest BCUT2D eigenvalue weighted by Gasteiger charge is -2.28. The molecule has 0 saturated carbocycles. The van der Waals surface area contributed by atoms with E-state index in [2.05, 4.69) is 35.2 Å². The Balaban J connectivity index is 1.60. The third-order valence-electron chi connectivity index (χ3n) is 6.02. The molecule has 3 saturated heterocycles. The first-order valence-corrected chi connectivity index (χ1v) is 8.80. The minimum atomic E-state index is -0.213. The van der Waals surface area contributed by atoms with E-state index in [0.29, 0.717) is 17.7 Å². The van der Waals surface area contributed by atoms with Crippen LogP contribution in [0.25, 0.3) is 0 Å². The number of nitrogens with zero attached hydrogens (tertiary/aromatic N) is 2. The molecule has 1 aromatic carbocycles. The highest BCUT2D eigenvalue weighted by Crippen LogP contribution is 2.49. The Labute approximate surface area is 138 Å². The van der Waals surface area contributed by atoms with Crippen LogP contribution in [0.15, 0.2) is 30.3 Å². The molecule has 4 rings (SSSR count). The number of hydrogen-bond acceptors (Lipinski definition) is 3. The zero-order chi connectivity index (χ0) is 15.9. The van der Waals surface area contributed by atoms with Crippen molar-refractivity contribution in [2.75, 3.05) is 46.4 Å². The number of amides is 1. The van der Waals surface area contributed by atoms with Gasteiger partial charge in [0.2, 0.25) is 5.91 Å². The summed E-state index contributed by atoms with van der Waals surface area (Å²) in [6.07, 6.45) is 2.15. The van der Waals surface area contributed by atoms with Crippen molar-refractivity contribution in [2.45, 2.75) is 18.8 Å². The van der Waals surface area contributed by atoms with Crippen LogP contribution in [0, 0.1) is 11.3 Å². The third-order valence-corrected chi connectivity index (χ3v) is 6.02. The van der Waals surface area contributed by atoms with Crippen LogP contribution in [-0.2, 0) is 9.53 Å². The van der Waals surface area contributed by atoms with Crippen LogP contribution >= 0.6 is 0 Å². The van der Waals surface area contributed by atoms with Crippen LogP contribution in [0.1, 0.15) is 24.3 Å². The quantitative estimate of drug-likeness (QED) is 0.855. The minimum absolute atomic E-state index is 0.213. The molecule has 1 amide bonds. The summed E-state index contributed by atoms with van der Waals surface area (Å²) >= 11 is 0. The largest absolute Gasteiger partial charge is 0.381 e. The smallest absolute Gasteiger partial charge is 0.230 e. The molecule has 3 atom stereocenters. The zero-order valence-corrected chi connectivity index (χ0v) is 13.9. The van der Waals surface area contributed by atoms with Gasteiger partial charge >= 0.3 is 0 Å². The fraction of sp³-hybridized carbons (Fsp3) is 0.632. The molecule has 3 fully saturated rings. The Morgan fingerprint density at radius 1 is 1.30 bits per heavy atom. The van der Waals surface area contributed by atoms with Gasteiger partial charge in [-0.25, -0.2) is 0 Å². The van der Waals surface area contributed by atoms with Crippen LogP contribution in [0.5, 0.6) is 0 Å². The predicted octanol–water partition coefficient (Wildman–Crippen LogP) is 1.97. The van der Waals surface area contributed by atoms with Gasteiger partial charge in [-0.05, 0) is 24.3 Å². The Bertz CT molecular complexity index is 570. The van der Waals surface area contributed by atoms with E-state index >= 15 is 0 Å². The molecule has 0 N–H and O–H groups in total. The van der Waals surface area contributed by atoms with Gasteiger partial charge in [0.1, 0.15) is 0 Å². The van der Waals surface area contributed by atoms with E-state index in [1.54, 1.807) is 0 Å². The van der Waals surface area contributed by atoms with Crippen molar-refractivity contribution in [1.29, 1.82) is 0 Å². The summed E-state index contributed by atoms with van der Waals surface area (Å²) < 4.78 is 5.53. The zero-order valence-electron chi connectivity index (χ0n) is 13.9. The highest BCUT2D eigenvalue weighted by molar-refractivity contribution is 5.86. The average Bonchev–Trinajstić information content (AvgIpc) is 3.27. The van der Waals surface area contributed by atoms with Gasteiger partial charge < -0.3 is 14.5 Å². The van der Waals surface area contributed by atoms with Gasteiger partial charge in [-0.15, -0.1) is 0 Å². The molecule has 4 nitrogen and oxygen atoms in total. The number of hydrogen-bond donors (Lipinski definition) is 0. The van der Waals surface area contributed by atoms with Crippen molar-refractivity contribution in [1.82, 2.24) is 9.80 Å². The fourth-order valence-corrected chi connectivity index (χ4v) is 4.77. The van der Waals surface area contributed by atoms with Gasteiger partial charge in [-0.2, -0.15) is 0 Å². The topological polar surface area (TPSA) is 32.8 Å². The second kappa shape index (κ2) is 5.91. The van der Waals surface area contributed by atoms with Crippen molar-refractivity contribution in [3.8, 4) is 0 Å². The monoisotopic (exact) mass is 314 g/mol. The molecule has 3 aliphatic heterocycles. The van der Waals surface area contributed by atoms with E-state index < -0.39 is 0 Å². The van der Waals surface area contributed by atoms with Gasteiger partial charge in [0.25, 0.3) is 0 Å². The molecule has 124 valence electrons. The van der Waals surface area contributed by atoms with Crippen molar-refractivity contribution in [2.24, 2.45) is 11.3 Å². The second-order valence-electron chi connectivity index (χ2n) is 7.52. The van der Waals surface area contributed by atoms with E-state index in [1.165, 1.54) is 5.56 Å². The molecule has 23 heavy (non-hydrogen) atoms. The van der Waals surface area contributed by atoms with Crippen molar-refractivity contribution in [3.05, 3.63) is 35.9 Å². The van der Waals surface area contributed by atoms with Crippen molar-refractivity contribution < 1.29 is 9.53 Å². The Hall–Kier alpha value is -1.39. The van der Waals surface area contributed by atoms with Crippen LogP contribution in [0.4, 0.5) is 0 Å². The number of carbonyl (C=O) groups excluding carboxylic acids is 1. The number of rotatable bonds is 3. The molecule has 3 aliphatic rings. The maximum absolute atomic E-state index is 13.0. The molecule has 3 heterocycles. The van der Waals surface area contributed by atoms with E-state index in [4.69, 9.17) is 4.74 Å². The molecule has 0 radical (unpaired) electrons. The lowest BCUT2D eigenvalue weighted by Crippen LogP contribution is -2.38. The summed E-state index contributed by atoms with van der Waals surface area (Å²) in [5.41, 5.74) is 1.11. The Morgan fingerprint density at radius 2 is 2.13 bits per heavy atom. The first-order chi connectivity index (χ1) is 11.2. The standard InChI is InChI=1S/C19H26N2O2/c1-20-9-8-19(18(20)22)14-21(11-15-7-10-23-13-15)12-17(19)16-5-3-2-4-6-16/h2-6,15,17H,7-14H2,1H3/t15?,17-,19+/m0/s1. The summed E-state index contributed by atoms with van der Waals surface area (Å²) in [4.78, 5) is 17.4. The number of likely N-dealkylation sites (tertiary alicyclic amines) is 2. The summed E-state index contributed by atoms with van der Waals surface area (Å²) in [7, 11) is 1.95. The SMILES string of the molecule is CN1CC[C@]2(CN(CC3CCOC3)C[C@H]2c2ccccc2)C1=O. The van der Waals surface area contributed by atoms with Crippen molar-refractivity contribution in [3.63, 3.8) is 0 Å². The number of carbonyl (C=O) groups is 1. The Kier molecular flexibility index (Phi) is 3.90.